The smallest absolute Gasteiger partial charge is 0.0422 e. The molecule has 2 aliphatic heterocycles. The average molecular weight is 231 g/mol. The monoisotopic (exact) mass is 231 g/mol. The van der Waals surface area contributed by atoms with Crippen molar-refractivity contribution in [2.24, 2.45) is 5.73 Å². The second-order valence-electron chi connectivity index (χ2n) is 5.52. The molecule has 3 nitrogen and oxygen atoms in total. The van der Waals surface area contributed by atoms with Gasteiger partial charge in [0.1, 0.15) is 0 Å². The SMILES string of the molecule is NC1(CN2CCc3ccccc3C2)CCNC1. The van der Waals surface area contributed by atoms with Crippen LogP contribution in [0.3, 0.4) is 0 Å². The number of nitrogens with one attached hydrogen (secondary N) is 1. The van der Waals surface area contributed by atoms with Crippen LogP contribution in [0.5, 0.6) is 0 Å². The molecule has 1 saturated heterocycles. The Bertz CT molecular complexity index is 396. The highest BCUT2D eigenvalue weighted by Crippen LogP contribution is 2.21. The van der Waals surface area contributed by atoms with Crippen LogP contribution in [-0.2, 0) is 13.0 Å². The Morgan fingerprint density at radius 2 is 2.12 bits per heavy atom. The van der Waals surface area contributed by atoms with Gasteiger partial charge in [-0.3, -0.25) is 4.90 Å². The van der Waals surface area contributed by atoms with Crippen molar-refractivity contribution in [1.29, 1.82) is 0 Å². The second kappa shape index (κ2) is 4.41. The molecule has 1 aromatic carbocycles. The number of rotatable bonds is 2. The maximum Gasteiger partial charge on any atom is 0.0422 e. The van der Waals surface area contributed by atoms with Crippen molar-refractivity contribution < 1.29 is 0 Å². The van der Waals surface area contributed by atoms with Gasteiger partial charge in [0.25, 0.3) is 0 Å². The summed E-state index contributed by atoms with van der Waals surface area (Å²) in [7, 11) is 0. The van der Waals surface area contributed by atoms with Gasteiger partial charge in [-0.25, -0.2) is 0 Å². The fourth-order valence-electron chi connectivity index (χ4n) is 3.03. The molecule has 1 fully saturated rings. The Morgan fingerprint density at radius 1 is 1.29 bits per heavy atom. The van der Waals surface area contributed by atoms with E-state index in [0.717, 1.165) is 39.1 Å². The van der Waals surface area contributed by atoms with Gasteiger partial charge in [0.05, 0.1) is 0 Å². The van der Waals surface area contributed by atoms with Crippen LogP contribution in [0.25, 0.3) is 0 Å². The summed E-state index contributed by atoms with van der Waals surface area (Å²) < 4.78 is 0. The van der Waals surface area contributed by atoms with E-state index >= 15 is 0 Å². The molecule has 3 rings (SSSR count). The van der Waals surface area contributed by atoms with Gasteiger partial charge in [0, 0.05) is 31.7 Å². The summed E-state index contributed by atoms with van der Waals surface area (Å²) in [6.07, 6.45) is 2.27. The molecule has 0 amide bonds. The molecule has 0 aromatic heterocycles. The molecule has 0 aliphatic carbocycles. The lowest BCUT2D eigenvalue weighted by Gasteiger charge is -2.35. The van der Waals surface area contributed by atoms with Gasteiger partial charge in [0.15, 0.2) is 0 Å². The lowest BCUT2D eigenvalue weighted by atomic mass is 9.95. The number of fused-ring (bicyclic) bond motifs is 1. The fourth-order valence-corrected chi connectivity index (χ4v) is 3.03. The number of nitrogens with zero attached hydrogens (tertiary/aromatic N) is 1. The Labute approximate surface area is 103 Å². The van der Waals surface area contributed by atoms with Gasteiger partial charge in [-0.05, 0) is 30.5 Å². The molecule has 2 aliphatic rings. The molecule has 3 heteroatoms. The fraction of sp³-hybridized carbons (Fsp3) is 0.571. The first-order chi connectivity index (χ1) is 8.25. The van der Waals surface area contributed by atoms with Gasteiger partial charge >= 0.3 is 0 Å². The molecule has 17 heavy (non-hydrogen) atoms. The van der Waals surface area contributed by atoms with Crippen LogP contribution in [0, 0.1) is 0 Å². The summed E-state index contributed by atoms with van der Waals surface area (Å²) in [6, 6.07) is 8.77. The first kappa shape index (κ1) is 11.2. The van der Waals surface area contributed by atoms with Gasteiger partial charge in [-0.1, -0.05) is 24.3 Å². The largest absolute Gasteiger partial charge is 0.323 e. The molecule has 0 spiro atoms. The van der Waals surface area contributed by atoms with E-state index in [1.54, 1.807) is 0 Å². The first-order valence-corrected chi connectivity index (χ1v) is 6.54. The van der Waals surface area contributed by atoms with Gasteiger partial charge in [-0.15, -0.1) is 0 Å². The molecule has 92 valence electrons. The van der Waals surface area contributed by atoms with E-state index < -0.39 is 0 Å². The summed E-state index contributed by atoms with van der Waals surface area (Å²) in [5.74, 6) is 0. The lowest BCUT2D eigenvalue weighted by molar-refractivity contribution is 0.200. The summed E-state index contributed by atoms with van der Waals surface area (Å²) in [5.41, 5.74) is 9.39. The average Bonchev–Trinajstić information content (AvgIpc) is 2.76. The van der Waals surface area contributed by atoms with E-state index in [-0.39, 0.29) is 5.54 Å². The van der Waals surface area contributed by atoms with Crippen molar-refractivity contribution in [3.8, 4) is 0 Å². The first-order valence-electron chi connectivity index (χ1n) is 6.54. The molecule has 2 heterocycles. The quantitative estimate of drug-likeness (QED) is 0.788. The Morgan fingerprint density at radius 3 is 2.88 bits per heavy atom. The van der Waals surface area contributed by atoms with E-state index in [1.165, 1.54) is 17.5 Å². The normalized spacial score (nSPS) is 29.2. The van der Waals surface area contributed by atoms with E-state index in [2.05, 4.69) is 34.5 Å². The number of hydrogen-bond acceptors (Lipinski definition) is 3. The Hall–Kier alpha value is -0.900. The van der Waals surface area contributed by atoms with Crippen LogP contribution in [0.1, 0.15) is 17.5 Å². The van der Waals surface area contributed by atoms with Crippen molar-refractivity contribution in [1.82, 2.24) is 10.2 Å². The van der Waals surface area contributed by atoms with Crippen molar-refractivity contribution >= 4 is 0 Å². The van der Waals surface area contributed by atoms with E-state index in [4.69, 9.17) is 5.73 Å². The number of nitrogens with two attached hydrogens (primary N) is 1. The van der Waals surface area contributed by atoms with Crippen LogP contribution in [0.4, 0.5) is 0 Å². The second-order valence-corrected chi connectivity index (χ2v) is 5.52. The standard InChI is InChI=1S/C14H21N3/c15-14(6-7-16-10-14)11-17-8-5-12-3-1-2-4-13(12)9-17/h1-4,16H,5-11,15H2. The molecular weight excluding hydrogens is 210 g/mol. The van der Waals surface area contributed by atoms with Crippen LogP contribution in [0.2, 0.25) is 0 Å². The summed E-state index contributed by atoms with van der Waals surface area (Å²) >= 11 is 0. The van der Waals surface area contributed by atoms with Crippen LogP contribution < -0.4 is 11.1 Å². The van der Waals surface area contributed by atoms with Crippen molar-refractivity contribution in [2.45, 2.75) is 24.9 Å². The number of hydrogen-bond donors (Lipinski definition) is 2. The predicted molar refractivity (Wildman–Crippen MR) is 69.8 cm³/mol. The molecule has 3 N–H and O–H groups in total. The van der Waals surface area contributed by atoms with Gasteiger partial charge in [0.2, 0.25) is 0 Å². The molecule has 1 aromatic rings. The third-order valence-electron chi connectivity index (χ3n) is 4.02. The van der Waals surface area contributed by atoms with Gasteiger partial charge < -0.3 is 11.1 Å². The minimum Gasteiger partial charge on any atom is -0.323 e. The van der Waals surface area contributed by atoms with E-state index in [1.807, 2.05) is 0 Å². The highest BCUT2D eigenvalue weighted by molar-refractivity contribution is 5.29. The van der Waals surface area contributed by atoms with Crippen LogP contribution >= 0.6 is 0 Å². The minimum absolute atomic E-state index is 0.00766. The van der Waals surface area contributed by atoms with Crippen LogP contribution in [-0.4, -0.2) is 36.6 Å². The van der Waals surface area contributed by atoms with E-state index in [0.29, 0.717) is 0 Å². The Kier molecular flexibility index (Phi) is 2.90. The Balaban J connectivity index is 1.68. The summed E-state index contributed by atoms with van der Waals surface area (Å²) in [5, 5.41) is 3.37. The zero-order valence-corrected chi connectivity index (χ0v) is 10.3. The molecule has 0 saturated carbocycles. The third-order valence-corrected chi connectivity index (χ3v) is 4.02. The molecule has 0 radical (unpaired) electrons. The zero-order valence-electron chi connectivity index (χ0n) is 10.3. The van der Waals surface area contributed by atoms with E-state index in [9.17, 15) is 0 Å². The van der Waals surface area contributed by atoms with Crippen molar-refractivity contribution in [3.63, 3.8) is 0 Å². The molecule has 1 unspecified atom stereocenters. The predicted octanol–water partition coefficient (Wildman–Crippen LogP) is 0.735. The molecule has 0 bridgehead atoms. The highest BCUT2D eigenvalue weighted by atomic mass is 15.2. The molecule has 1 atom stereocenters. The van der Waals surface area contributed by atoms with Crippen LogP contribution in [0.15, 0.2) is 24.3 Å². The summed E-state index contributed by atoms with van der Waals surface area (Å²) in [4.78, 5) is 2.51. The topological polar surface area (TPSA) is 41.3 Å². The minimum atomic E-state index is -0.00766. The van der Waals surface area contributed by atoms with Gasteiger partial charge in [-0.2, -0.15) is 0 Å². The zero-order chi connectivity index (χ0) is 11.7. The number of benzene rings is 1. The maximum atomic E-state index is 6.41. The van der Waals surface area contributed by atoms with Crippen molar-refractivity contribution in [2.75, 3.05) is 26.2 Å². The summed E-state index contributed by atoms with van der Waals surface area (Å²) in [6.45, 7) is 5.27. The third kappa shape index (κ3) is 2.37. The maximum absolute atomic E-state index is 6.41. The lowest BCUT2D eigenvalue weighted by Crippen LogP contribution is -2.52. The van der Waals surface area contributed by atoms with Crippen molar-refractivity contribution in [3.05, 3.63) is 35.4 Å². The molecular formula is C14H21N3. The highest BCUT2D eigenvalue weighted by Gasteiger charge is 2.32.